The molecule has 170 valence electrons. The van der Waals surface area contributed by atoms with Gasteiger partial charge in [0.25, 0.3) is 5.56 Å². The first-order valence-electron chi connectivity index (χ1n) is 10.7. The molecule has 2 heterocycles. The number of aromatic nitrogens is 4. The molecular weight excluding hydrogens is 428 g/mol. The molecular formula is C23H28N4O4S. The molecule has 0 amide bonds. The highest BCUT2D eigenvalue weighted by atomic mass is 32.2. The summed E-state index contributed by atoms with van der Waals surface area (Å²) in [6.07, 6.45) is 0.701. The van der Waals surface area contributed by atoms with Crippen molar-refractivity contribution in [1.82, 2.24) is 19.1 Å². The number of hydrogen-bond acceptors (Lipinski definition) is 7. The molecule has 0 saturated carbocycles. The summed E-state index contributed by atoms with van der Waals surface area (Å²) < 4.78 is 7.90. The van der Waals surface area contributed by atoms with Gasteiger partial charge in [-0.1, -0.05) is 62.9 Å². The second kappa shape index (κ2) is 10.1. The highest BCUT2D eigenvalue weighted by molar-refractivity contribution is 8.00. The summed E-state index contributed by atoms with van der Waals surface area (Å²) in [5.74, 6) is 0.0548. The van der Waals surface area contributed by atoms with Gasteiger partial charge in [0.2, 0.25) is 0 Å². The van der Waals surface area contributed by atoms with Gasteiger partial charge in [-0.05, 0) is 18.9 Å². The van der Waals surface area contributed by atoms with E-state index >= 15 is 0 Å². The van der Waals surface area contributed by atoms with E-state index in [1.54, 1.807) is 6.92 Å². The number of hydrogen-bond donors (Lipinski definition) is 0. The summed E-state index contributed by atoms with van der Waals surface area (Å²) in [4.78, 5) is 48.1. The zero-order chi connectivity index (χ0) is 23.4. The minimum absolute atomic E-state index is 0.0363. The lowest BCUT2D eigenvalue weighted by Gasteiger charge is -2.18. The number of aryl methyl sites for hydroxylation is 1. The van der Waals surface area contributed by atoms with E-state index in [4.69, 9.17) is 4.74 Å². The monoisotopic (exact) mass is 456 g/mol. The number of fused-ring (bicyclic) bond motifs is 1. The Labute approximate surface area is 190 Å². The molecule has 0 saturated heterocycles. The Kier molecular flexibility index (Phi) is 7.50. The van der Waals surface area contributed by atoms with Crippen LogP contribution >= 0.6 is 11.8 Å². The van der Waals surface area contributed by atoms with Crippen molar-refractivity contribution in [2.75, 3.05) is 6.61 Å². The van der Waals surface area contributed by atoms with Crippen LogP contribution < -0.4 is 11.2 Å². The quantitative estimate of drug-likeness (QED) is 0.291. The number of carbonyl (C=O) groups is 1. The van der Waals surface area contributed by atoms with Crippen molar-refractivity contribution in [3.63, 3.8) is 0 Å². The summed E-state index contributed by atoms with van der Waals surface area (Å²) >= 11 is 1.15. The Morgan fingerprint density at radius 3 is 2.41 bits per heavy atom. The molecule has 0 fully saturated rings. The summed E-state index contributed by atoms with van der Waals surface area (Å²) in [5.41, 5.74) is 0.147. The van der Waals surface area contributed by atoms with Crippen molar-refractivity contribution < 1.29 is 9.53 Å². The summed E-state index contributed by atoms with van der Waals surface area (Å²) in [6.45, 7) is 8.25. The molecule has 0 bridgehead atoms. The predicted molar refractivity (Wildman–Crippen MR) is 125 cm³/mol. The molecule has 0 N–H and O–H groups in total. The maximum Gasteiger partial charge on any atom is 0.332 e. The van der Waals surface area contributed by atoms with Gasteiger partial charge in [-0.2, -0.15) is 0 Å². The van der Waals surface area contributed by atoms with Crippen LogP contribution in [0.15, 0.2) is 44.9 Å². The second-order valence-corrected chi connectivity index (χ2v) is 8.79. The summed E-state index contributed by atoms with van der Waals surface area (Å²) in [6, 6.07) is 9.24. The number of rotatable bonds is 8. The average molecular weight is 457 g/mol. The lowest BCUT2D eigenvalue weighted by atomic mass is 10.1. The van der Waals surface area contributed by atoms with Crippen molar-refractivity contribution in [2.24, 2.45) is 7.05 Å². The van der Waals surface area contributed by atoms with Gasteiger partial charge < -0.3 is 4.74 Å². The van der Waals surface area contributed by atoms with E-state index in [2.05, 4.69) is 9.97 Å². The molecule has 0 aliphatic heterocycles. The van der Waals surface area contributed by atoms with Crippen molar-refractivity contribution >= 4 is 28.8 Å². The van der Waals surface area contributed by atoms with Crippen molar-refractivity contribution in [2.45, 2.75) is 56.9 Å². The van der Waals surface area contributed by atoms with E-state index in [-0.39, 0.29) is 17.9 Å². The fourth-order valence-electron chi connectivity index (χ4n) is 3.33. The third-order valence-electron chi connectivity index (χ3n) is 4.96. The van der Waals surface area contributed by atoms with E-state index in [9.17, 15) is 14.4 Å². The number of nitrogens with zero attached hydrogens (tertiary/aromatic N) is 4. The molecule has 0 radical (unpaired) electrons. The molecule has 32 heavy (non-hydrogen) atoms. The fraction of sp³-hybridized carbons (Fsp3) is 0.435. The Bertz CT molecular complexity index is 1230. The first-order valence-corrected chi connectivity index (χ1v) is 11.6. The normalized spacial score (nSPS) is 12.3. The fourth-order valence-corrected chi connectivity index (χ4v) is 4.46. The molecule has 1 unspecified atom stereocenters. The van der Waals surface area contributed by atoms with Gasteiger partial charge in [0.1, 0.15) is 21.5 Å². The van der Waals surface area contributed by atoms with Gasteiger partial charge in [-0.15, -0.1) is 0 Å². The Morgan fingerprint density at radius 1 is 1.12 bits per heavy atom. The second-order valence-electron chi connectivity index (χ2n) is 7.70. The Balaban J connectivity index is 2.31. The van der Waals surface area contributed by atoms with E-state index in [1.165, 1.54) is 11.6 Å². The molecule has 0 aliphatic carbocycles. The SMILES string of the molecule is CCCn1c(=O)n(C)c(=O)c2c(SC(C(=O)OCC)c3ccccc3)nc(C(C)C)nc21. The van der Waals surface area contributed by atoms with Crippen molar-refractivity contribution in [3.05, 3.63) is 62.6 Å². The number of benzene rings is 1. The van der Waals surface area contributed by atoms with Crippen molar-refractivity contribution in [1.29, 1.82) is 0 Å². The molecule has 0 spiro atoms. The van der Waals surface area contributed by atoms with Crippen LogP contribution in [0, 0.1) is 0 Å². The van der Waals surface area contributed by atoms with Crippen LogP contribution in [0.5, 0.6) is 0 Å². The number of carbonyl (C=O) groups excluding carboxylic acids is 1. The van der Waals surface area contributed by atoms with E-state index in [1.807, 2.05) is 51.1 Å². The van der Waals surface area contributed by atoms with Gasteiger partial charge >= 0.3 is 11.7 Å². The maximum absolute atomic E-state index is 13.2. The minimum Gasteiger partial charge on any atom is -0.465 e. The topological polar surface area (TPSA) is 96.1 Å². The van der Waals surface area contributed by atoms with Crippen LogP contribution in [-0.2, 0) is 23.1 Å². The smallest absolute Gasteiger partial charge is 0.332 e. The molecule has 8 nitrogen and oxygen atoms in total. The Morgan fingerprint density at radius 2 is 1.81 bits per heavy atom. The molecule has 2 aromatic heterocycles. The Hall–Kier alpha value is -2.94. The maximum atomic E-state index is 13.2. The van der Waals surface area contributed by atoms with Gasteiger partial charge in [0.05, 0.1) is 6.61 Å². The lowest BCUT2D eigenvalue weighted by molar-refractivity contribution is -0.142. The van der Waals surface area contributed by atoms with Crippen molar-refractivity contribution in [3.8, 4) is 0 Å². The van der Waals surface area contributed by atoms with Gasteiger partial charge in [0, 0.05) is 19.5 Å². The van der Waals surface area contributed by atoms with E-state index < -0.39 is 22.5 Å². The summed E-state index contributed by atoms with van der Waals surface area (Å²) in [7, 11) is 1.45. The molecule has 1 aromatic carbocycles. The molecule has 0 aliphatic rings. The number of ether oxygens (including phenoxy) is 1. The first kappa shape index (κ1) is 23.7. The largest absolute Gasteiger partial charge is 0.465 e. The third kappa shape index (κ3) is 4.62. The third-order valence-corrected chi connectivity index (χ3v) is 6.18. The van der Waals surface area contributed by atoms with Crippen LogP contribution in [0.1, 0.15) is 56.7 Å². The van der Waals surface area contributed by atoms with Crippen LogP contribution in [0.3, 0.4) is 0 Å². The van der Waals surface area contributed by atoms with E-state index in [0.29, 0.717) is 29.5 Å². The predicted octanol–water partition coefficient (Wildman–Crippen LogP) is 3.42. The highest BCUT2D eigenvalue weighted by Gasteiger charge is 2.28. The highest BCUT2D eigenvalue weighted by Crippen LogP contribution is 2.38. The molecule has 3 aromatic rings. The lowest BCUT2D eigenvalue weighted by Crippen LogP contribution is -2.39. The minimum atomic E-state index is -0.717. The van der Waals surface area contributed by atoms with E-state index in [0.717, 1.165) is 21.9 Å². The summed E-state index contributed by atoms with van der Waals surface area (Å²) in [5, 5.41) is -0.114. The molecule has 1 atom stereocenters. The molecule has 9 heteroatoms. The van der Waals surface area contributed by atoms with Crippen LogP contribution in [0.25, 0.3) is 11.0 Å². The zero-order valence-corrected chi connectivity index (χ0v) is 19.8. The average Bonchev–Trinajstić information content (AvgIpc) is 2.78. The van der Waals surface area contributed by atoms with Crippen LogP contribution in [0.4, 0.5) is 0 Å². The van der Waals surface area contributed by atoms with Gasteiger partial charge in [-0.3, -0.25) is 18.7 Å². The first-order chi connectivity index (χ1) is 15.3. The van der Waals surface area contributed by atoms with Crippen LogP contribution in [-0.4, -0.2) is 31.7 Å². The standard InChI is InChI=1S/C23H28N4O4S/c1-6-13-27-19-16(21(28)26(5)23(27)30)20(25-18(24-19)14(3)4)32-17(22(29)31-7-2)15-11-9-8-10-12-15/h8-12,14,17H,6-7,13H2,1-5H3. The molecule has 3 rings (SSSR count). The number of esters is 1. The zero-order valence-electron chi connectivity index (χ0n) is 19.0. The number of thioether (sulfide) groups is 1. The van der Waals surface area contributed by atoms with Gasteiger partial charge in [-0.25, -0.2) is 14.8 Å². The van der Waals surface area contributed by atoms with Crippen LogP contribution in [0.2, 0.25) is 0 Å². The van der Waals surface area contributed by atoms with Gasteiger partial charge in [0.15, 0.2) is 5.65 Å².